The minimum atomic E-state index is -0.210. The lowest BCUT2D eigenvalue weighted by Crippen LogP contribution is -2.12. The largest absolute Gasteiger partial charge is 0.320 e. The lowest BCUT2D eigenvalue weighted by Gasteiger charge is -2.06. The second kappa shape index (κ2) is 4.10. The second-order valence-corrected chi connectivity index (χ2v) is 3.51. The number of anilines is 1. The first-order valence-electron chi connectivity index (χ1n) is 4.86. The SMILES string of the molecule is C=C(C)C(=O)Nc1cnnc2ccccc12. The van der Waals surface area contributed by atoms with Crippen LogP contribution in [-0.2, 0) is 4.79 Å². The number of hydrogen-bond donors (Lipinski definition) is 1. The molecule has 0 aliphatic heterocycles. The Kier molecular flexibility index (Phi) is 2.64. The quantitative estimate of drug-likeness (QED) is 0.777. The van der Waals surface area contributed by atoms with Gasteiger partial charge >= 0.3 is 0 Å². The summed E-state index contributed by atoms with van der Waals surface area (Å²) in [6, 6.07) is 7.50. The van der Waals surface area contributed by atoms with E-state index in [0.717, 1.165) is 10.9 Å². The Morgan fingerprint density at radius 3 is 2.88 bits per heavy atom. The first kappa shape index (κ1) is 10.3. The highest BCUT2D eigenvalue weighted by Gasteiger charge is 2.06. The summed E-state index contributed by atoms with van der Waals surface area (Å²) in [4.78, 5) is 11.5. The Balaban J connectivity index is 2.45. The van der Waals surface area contributed by atoms with Crippen LogP contribution in [0.2, 0.25) is 0 Å². The molecule has 2 rings (SSSR count). The van der Waals surface area contributed by atoms with Crippen molar-refractivity contribution in [3.63, 3.8) is 0 Å². The molecule has 0 saturated carbocycles. The average molecular weight is 213 g/mol. The van der Waals surface area contributed by atoms with Gasteiger partial charge in [0.2, 0.25) is 0 Å². The van der Waals surface area contributed by atoms with Crippen LogP contribution in [0.4, 0.5) is 5.69 Å². The molecule has 0 fully saturated rings. The third-order valence-corrected chi connectivity index (χ3v) is 2.18. The van der Waals surface area contributed by atoms with Gasteiger partial charge in [-0.05, 0) is 13.0 Å². The Hall–Kier alpha value is -2.23. The molecule has 0 unspecified atom stereocenters. The molecule has 1 heterocycles. The summed E-state index contributed by atoms with van der Waals surface area (Å²) in [7, 11) is 0. The summed E-state index contributed by atoms with van der Waals surface area (Å²) in [5, 5.41) is 11.4. The Morgan fingerprint density at radius 1 is 1.38 bits per heavy atom. The van der Waals surface area contributed by atoms with Gasteiger partial charge in [0.15, 0.2) is 0 Å². The van der Waals surface area contributed by atoms with Crippen LogP contribution in [0.1, 0.15) is 6.92 Å². The zero-order valence-corrected chi connectivity index (χ0v) is 8.90. The maximum Gasteiger partial charge on any atom is 0.250 e. The van der Waals surface area contributed by atoms with E-state index in [1.165, 1.54) is 6.20 Å². The standard InChI is InChI=1S/C12H11N3O/c1-8(2)12(16)14-11-7-13-15-10-6-4-3-5-9(10)11/h3-7H,1H2,2H3,(H,14,15,16). The lowest BCUT2D eigenvalue weighted by atomic mass is 10.2. The molecular formula is C12H11N3O. The van der Waals surface area contributed by atoms with Crippen molar-refractivity contribution in [3.8, 4) is 0 Å². The minimum Gasteiger partial charge on any atom is -0.320 e. The number of fused-ring (bicyclic) bond motifs is 1. The van der Waals surface area contributed by atoms with Gasteiger partial charge in [0.1, 0.15) is 0 Å². The number of nitrogens with one attached hydrogen (secondary N) is 1. The average Bonchev–Trinajstić information content (AvgIpc) is 2.29. The lowest BCUT2D eigenvalue weighted by molar-refractivity contribution is -0.112. The van der Waals surface area contributed by atoms with Crippen molar-refractivity contribution >= 4 is 22.5 Å². The van der Waals surface area contributed by atoms with E-state index < -0.39 is 0 Å². The van der Waals surface area contributed by atoms with Gasteiger partial charge in [-0.2, -0.15) is 10.2 Å². The molecule has 0 aliphatic rings. The number of amides is 1. The molecule has 1 N–H and O–H groups in total. The predicted octanol–water partition coefficient (Wildman–Crippen LogP) is 2.14. The topological polar surface area (TPSA) is 54.9 Å². The van der Waals surface area contributed by atoms with Crippen LogP contribution in [0, 0.1) is 0 Å². The van der Waals surface area contributed by atoms with Gasteiger partial charge in [-0.1, -0.05) is 24.8 Å². The number of nitrogens with zero attached hydrogens (tertiary/aromatic N) is 2. The van der Waals surface area contributed by atoms with Crippen LogP contribution in [0.15, 0.2) is 42.6 Å². The molecule has 0 bridgehead atoms. The summed E-state index contributed by atoms with van der Waals surface area (Å²) in [6.07, 6.45) is 1.53. The van der Waals surface area contributed by atoms with Crippen LogP contribution in [0.3, 0.4) is 0 Å². The molecule has 1 amide bonds. The van der Waals surface area contributed by atoms with Gasteiger partial charge in [-0.3, -0.25) is 4.79 Å². The highest BCUT2D eigenvalue weighted by atomic mass is 16.1. The van der Waals surface area contributed by atoms with Crippen molar-refractivity contribution in [3.05, 3.63) is 42.6 Å². The molecule has 0 radical (unpaired) electrons. The first-order valence-corrected chi connectivity index (χ1v) is 4.86. The molecule has 0 aliphatic carbocycles. The number of benzene rings is 1. The summed E-state index contributed by atoms with van der Waals surface area (Å²) >= 11 is 0. The molecule has 2 aromatic rings. The Bertz CT molecular complexity index is 558. The van der Waals surface area contributed by atoms with E-state index >= 15 is 0 Å². The Morgan fingerprint density at radius 2 is 2.12 bits per heavy atom. The van der Waals surface area contributed by atoms with Gasteiger partial charge in [-0.15, -0.1) is 0 Å². The molecule has 0 saturated heterocycles. The van der Waals surface area contributed by atoms with Gasteiger partial charge < -0.3 is 5.32 Å². The molecule has 0 spiro atoms. The first-order chi connectivity index (χ1) is 7.68. The van der Waals surface area contributed by atoms with Crippen molar-refractivity contribution in [2.24, 2.45) is 0 Å². The van der Waals surface area contributed by atoms with Crippen LogP contribution >= 0.6 is 0 Å². The number of rotatable bonds is 2. The molecule has 1 aromatic heterocycles. The minimum absolute atomic E-state index is 0.210. The van der Waals surface area contributed by atoms with Crippen molar-refractivity contribution < 1.29 is 4.79 Å². The highest BCUT2D eigenvalue weighted by Crippen LogP contribution is 2.19. The van der Waals surface area contributed by atoms with E-state index in [4.69, 9.17) is 0 Å². The van der Waals surface area contributed by atoms with E-state index in [-0.39, 0.29) is 5.91 Å². The Labute approximate surface area is 93.0 Å². The fourth-order valence-corrected chi connectivity index (χ4v) is 1.34. The van der Waals surface area contributed by atoms with E-state index in [1.54, 1.807) is 6.92 Å². The van der Waals surface area contributed by atoms with Gasteiger partial charge in [0.05, 0.1) is 17.4 Å². The van der Waals surface area contributed by atoms with E-state index in [9.17, 15) is 4.79 Å². The van der Waals surface area contributed by atoms with Crippen LogP contribution in [0.25, 0.3) is 10.9 Å². The third-order valence-electron chi connectivity index (χ3n) is 2.18. The van der Waals surface area contributed by atoms with Gasteiger partial charge in [0, 0.05) is 11.0 Å². The molecule has 4 nitrogen and oxygen atoms in total. The van der Waals surface area contributed by atoms with Crippen molar-refractivity contribution in [2.45, 2.75) is 6.92 Å². The van der Waals surface area contributed by atoms with Crippen LogP contribution in [0.5, 0.6) is 0 Å². The summed E-state index contributed by atoms with van der Waals surface area (Å²) in [5.74, 6) is -0.210. The van der Waals surface area contributed by atoms with Crippen LogP contribution in [-0.4, -0.2) is 16.1 Å². The van der Waals surface area contributed by atoms with Crippen molar-refractivity contribution in [1.82, 2.24) is 10.2 Å². The monoisotopic (exact) mass is 213 g/mol. The summed E-state index contributed by atoms with van der Waals surface area (Å²) in [5.41, 5.74) is 1.86. The molecule has 4 heteroatoms. The maximum atomic E-state index is 11.5. The number of carbonyl (C=O) groups is 1. The highest BCUT2D eigenvalue weighted by molar-refractivity contribution is 6.07. The number of hydrogen-bond acceptors (Lipinski definition) is 3. The van der Waals surface area contributed by atoms with E-state index in [2.05, 4.69) is 22.1 Å². The van der Waals surface area contributed by atoms with E-state index in [1.807, 2.05) is 24.3 Å². The van der Waals surface area contributed by atoms with Crippen molar-refractivity contribution in [2.75, 3.05) is 5.32 Å². The van der Waals surface area contributed by atoms with Crippen molar-refractivity contribution in [1.29, 1.82) is 0 Å². The van der Waals surface area contributed by atoms with Gasteiger partial charge in [0.25, 0.3) is 5.91 Å². The fourth-order valence-electron chi connectivity index (χ4n) is 1.34. The number of aromatic nitrogens is 2. The second-order valence-electron chi connectivity index (χ2n) is 3.51. The fraction of sp³-hybridized carbons (Fsp3) is 0.0833. The van der Waals surface area contributed by atoms with Crippen LogP contribution < -0.4 is 5.32 Å². The zero-order valence-electron chi connectivity index (χ0n) is 8.90. The van der Waals surface area contributed by atoms with Gasteiger partial charge in [-0.25, -0.2) is 0 Å². The smallest absolute Gasteiger partial charge is 0.250 e. The zero-order chi connectivity index (χ0) is 11.5. The third kappa shape index (κ3) is 1.91. The van der Waals surface area contributed by atoms with E-state index in [0.29, 0.717) is 11.3 Å². The normalized spacial score (nSPS) is 10.1. The number of carbonyl (C=O) groups excluding carboxylic acids is 1. The predicted molar refractivity (Wildman–Crippen MR) is 63.0 cm³/mol. The summed E-state index contributed by atoms with van der Waals surface area (Å²) in [6.45, 7) is 5.24. The molecule has 16 heavy (non-hydrogen) atoms. The molecule has 1 aromatic carbocycles. The molecule has 0 atom stereocenters. The molecule has 80 valence electrons. The molecular weight excluding hydrogens is 202 g/mol. The maximum absolute atomic E-state index is 11.5. The summed E-state index contributed by atoms with van der Waals surface area (Å²) < 4.78 is 0.